The van der Waals surface area contributed by atoms with Crippen molar-refractivity contribution in [2.45, 2.75) is 44.2 Å². The van der Waals surface area contributed by atoms with Crippen LogP contribution >= 0.6 is 0 Å². The smallest absolute Gasteiger partial charge is 0.0688 e. The summed E-state index contributed by atoms with van der Waals surface area (Å²) >= 11 is 0. The molecule has 0 saturated heterocycles. The van der Waals surface area contributed by atoms with Gasteiger partial charge in [-0.3, -0.25) is 0 Å². The van der Waals surface area contributed by atoms with Gasteiger partial charge >= 0.3 is 0 Å². The molecular formula is C13H19NO. The lowest BCUT2D eigenvalue weighted by Gasteiger charge is -2.22. The van der Waals surface area contributed by atoms with Crippen LogP contribution < -0.4 is 5.73 Å². The SMILES string of the molecule is NCc1cccc(CC2(O)CCCC2)c1. The molecule has 0 atom stereocenters. The quantitative estimate of drug-likeness (QED) is 0.792. The minimum Gasteiger partial charge on any atom is -0.390 e. The molecule has 82 valence electrons. The second-order valence-corrected chi connectivity index (χ2v) is 4.63. The molecule has 1 aromatic carbocycles. The van der Waals surface area contributed by atoms with Crippen LogP contribution in [0.3, 0.4) is 0 Å². The van der Waals surface area contributed by atoms with Gasteiger partial charge in [-0.1, -0.05) is 37.1 Å². The summed E-state index contributed by atoms with van der Waals surface area (Å²) in [5.41, 5.74) is 7.50. The Hall–Kier alpha value is -0.860. The third-order valence-electron chi connectivity index (χ3n) is 3.29. The normalized spacial score (nSPS) is 19.3. The van der Waals surface area contributed by atoms with Gasteiger partial charge < -0.3 is 10.8 Å². The van der Waals surface area contributed by atoms with Crippen molar-refractivity contribution in [3.8, 4) is 0 Å². The van der Waals surface area contributed by atoms with E-state index in [9.17, 15) is 5.11 Å². The van der Waals surface area contributed by atoms with Crippen LogP contribution in [0.1, 0.15) is 36.8 Å². The zero-order chi connectivity index (χ0) is 10.7. The average molecular weight is 205 g/mol. The second-order valence-electron chi connectivity index (χ2n) is 4.63. The van der Waals surface area contributed by atoms with Crippen molar-refractivity contribution in [1.82, 2.24) is 0 Å². The van der Waals surface area contributed by atoms with Crippen LogP contribution in [0.15, 0.2) is 24.3 Å². The van der Waals surface area contributed by atoms with Crippen LogP contribution in [0.25, 0.3) is 0 Å². The Kier molecular flexibility index (Phi) is 3.08. The summed E-state index contributed by atoms with van der Waals surface area (Å²) in [6, 6.07) is 8.24. The van der Waals surface area contributed by atoms with Gasteiger partial charge in [0.1, 0.15) is 0 Å². The van der Waals surface area contributed by atoms with Crippen molar-refractivity contribution in [3.63, 3.8) is 0 Å². The van der Waals surface area contributed by atoms with Crippen LogP contribution in [0.4, 0.5) is 0 Å². The van der Waals surface area contributed by atoms with E-state index in [2.05, 4.69) is 12.1 Å². The predicted octanol–water partition coefficient (Wildman–Crippen LogP) is 1.99. The fraction of sp³-hybridized carbons (Fsp3) is 0.538. The predicted molar refractivity (Wildman–Crippen MR) is 61.5 cm³/mol. The van der Waals surface area contributed by atoms with Crippen molar-refractivity contribution in [2.24, 2.45) is 5.73 Å². The van der Waals surface area contributed by atoms with Gasteiger partial charge in [0.25, 0.3) is 0 Å². The maximum atomic E-state index is 10.3. The number of aliphatic hydroxyl groups is 1. The van der Waals surface area contributed by atoms with Crippen LogP contribution in [0.2, 0.25) is 0 Å². The molecule has 0 bridgehead atoms. The number of nitrogens with two attached hydrogens (primary N) is 1. The summed E-state index contributed by atoms with van der Waals surface area (Å²) in [6.45, 7) is 0.576. The third-order valence-corrected chi connectivity index (χ3v) is 3.29. The van der Waals surface area contributed by atoms with Crippen molar-refractivity contribution >= 4 is 0 Å². The van der Waals surface area contributed by atoms with E-state index < -0.39 is 5.60 Å². The molecule has 0 unspecified atom stereocenters. The zero-order valence-corrected chi connectivity index (χ0v) is 9.08. The number of rotatable bonds is 3. The molecule has 1 aromatic rings. The molecule has 0 heterocycles. The number of hydrogen-bond donors (Lipinski definition) is 2. The van der Waals surface area contributed by atoms with Crippen molar-refractivity contribution < 1.29 is 5.11 Å². The average Bonchev–Trinajstić information content (AvgIpc) is 2.65. The molecule has 1 aliphatic rings. The highest BCUT2D eigenvalue weighted by Crippen LogP contribution is 2.32. The molecule has 0 amide bonds. The summed E-state index contributed by atoms with van der Waals surface area (Å²) in [4.78, 5) is 0. The Morgan fingerprint density at radius 2 is 1.87 bits per heavy atom. The molecular weight excluding hydrogens is 186 g/mol. The van der Waals surface area contributed by atoms with Crippen LogP contribution in [0.5, 0.6) is 0 Å². The van der Waals surface area contributed by atoms with E-state index in [1.165, 1.54) is 5.56 Å². The molecule has 0 spiro atoms. The molecule has 0 aliphatic heterocycles. The summed E-state index contributed by atoms with van der Waals surface area (Å²) in [5, 5.41) is 10.3. The molecule has 2 rings (SSSR count). The maximum absolute atomic E-state index is 10.3. The van der Waals surface area contributed by atoms with Gasteiger partial charge in [0, 0.05) is 13.0 Å². The van der Waals surface area contributed by atoms with Gasteiger partial charge in [-0.05, 0) is 24.0 Å². The minimum atomic E-state index is -0.451. The van der Waals surface area contributed by atoms with Crippen LogP contribution in [-0.2, 0) is 13.0 Å². The van der Waals surface area contributed by atoms with Crippen molar-refractivity contribution in [1.29, 1.82) is 0 Å². The van der Waals surface area contributed by atoms with Gasteiger partial charge in [-0.15, -0.1) is 0 Å². The van der Waals surface area contributed by atoms with E-state index in [0.29, 0.717) is 6.54 Å². The topological polar surface area (TPSA) is 46.2 Å². The van der Waals surface area contributed by atoms with E-state index in [4.69, 9.17) is 5.73 Å². The molecule has 2 nitrogen and oxygen atoms in total. The monoisotopic (exact) mass is 205 g/mol. The van der Waals surface area contributed by atoms with Crippen LogP contribution in [0, 0.1) is 0 Å². The second kappa shape index (κ2) is 4.33. The first-order chi connectivity index (χ1) is 7.22. The lowest BCUT2D eigenvalue weighted by atomic mass is 9.92. The minimum absolute atomic E-state index is 0.451. The van der Waals surface area contributed by atoms with Gasteiger partial charge in [0.15, 0.2) is 0 Å². The van der Waals surface area contributed by atoms with Crippen LogP contribution in [-0.4, -0.2) is 10.7 Å². The van der Waals surface area contributed by atoms with Crippen molar-refractivity contribution in [3.05, 3.63) is 35.4 Å². The highest BCUT2D eigenvalue weighted by atomic mass is 16.3. The summed E-state index contributed by atoms with van der Waals surface area (Å²) in [5.74, 6) is 0. The lowest BCUT2D eigenvalue weighted by molar-refractivity contribution is 0.0482. The fourth-order valence-corrected chi connectivity index (χ4v) is 2.46. The highest BCUT2D eigenvalue weighted by Gasteiger charge is 2.30. The zero-order valence-electron chi connectivity index (χ0n) is 9.08. The Balaban J connectivity index is 2.09. The van der Waals surface area contributed by atoms with E-state index in [1.807, 2.05) is 12.1 Å². The Bertz CT molecular complexity index is 329. The van der Waals surface area contributed by atoms with Gasteiger partial charge in [-0.25, -0.2) is 0 Å². The fourth-order valence-electron chi connectivity index (χ4n) is 2.46. The van der Waals surface area contributed by atoms with E-state index >= 15 is 0 Å². The Labute approximate surface area is 91.1 Å². The molecule has 0 aromatic heterocycles. The molecule has 3 N–H and O–H groups in total. The molecule has 15 heavy (non-hydrogen) atoms. The highest BCUT2D eigenvalue weighted by molar-refractivity contribution is 5.24. The number of hydrogen-bond acceptors (Lipinski definition) is 2. The number of benzene rings is 1. The molecule has 1 saturated carbocycles. The Morgan fingerprint density at radius 1 is 1.20 bits per heavy atom. The Morgan fingerprint density at radius 3 is 2.53 bits per heavy atom. The standard InChI is InChI=1S/C13H19NO/c14-10-12-5-3-4-11(8-12)9-13(15)6-1-2-7-13/h3-5,8,15H,1-2,6-7,9-10,14H2. The maximum Gasteiger partial charge on any atom is 0.0688 e. The first-order valence-electron chi connectivity index (χ1n) is 5.72. The van der Waals surface area contributed by atoms with E-state index in [0.717, 1.165) is 37.7 Å². The summed E-state index contributed by atoms with van der Waals surface area (Å²) < 4.78 is 0. The van der Waals surface area contributed by atoms with E-state index in [-0.39, 0.29) is 0 Å². The van der Waals surface area contributed by atoms with Gasteiger partial charge in [-0.2, -0.15) is 0 Å². The first-order valence-corrected chi connectivity index (χ1v) is 5.72. The molecule has 0 radical (unpaired) electrons. The van der Waals surface area contributed by atoms with Gasteiger partial charge in [0.2, 0.25) is 0 Å². The van der Waals surface area contributed by atoms with Crippen molar-refractivity contribution in [2.75, 3.05) is 0 Å². The molecule has 1 fully saturated rings. The largest absolute Gasteiger partial charge is 0.390 e. The van der Waals surface area contributed by atoms with Gasteiger partial charge in [0.05, 0.1) is 5.60 Å². The van der Waals surface area contributed by atoms with E-state index in [1.54, 1.807) is 0 Å². The first kappa shape index (κ1) is 10.7. The summed E-state index contributed by atoms with van der Waals surface area (Å²) in [7, 11) is 0. The third kappa shape index (κ3) is 2.58. The summed E-state index contributed by atoms with van der Waals surface area (Å²) in [6.07, 6.45) is 4.99. The lowest BCUT2D eigenvalue weighted by Crippen LogP contribution is -2.27. The molecule has 1 aliphatic carbocycles. The molecule has 2 heteroatoms.